The Kier molecular flexibility index (Phi) is 2.65. The van der Waals surface area contributed by atoms with Crippen molar-refractivity contribution in [2.45, 2.75) is 13.8 Å². The summed E-state index contributed by atoms with van der Waals surface area (Å²) in [7, 11) is 0. The minimum Gasteiger partial charge on any atom is -0.240 e. The molecule has 0 amide bonds. The fraction of sp³-hybridized carbons (Fsp3) is 0.167. The molecule has 3 rings (SSSR count). The van der Waals surface area contributed by atoms with Crippen LogP contribution in [0.4, 0.5) is 0 Å². The number of halogens is 1. The Bertz CT molecular complexity index is 661. The monoisotopic (exact) mass is 280 g/mol. The molecule has 0 atom stereocenters. The molecule has 0 saturated heterocycles. The van der Waals surface area contributed by atoms with Crippen LogP contribution >= 0.6 is 34.3 Å². The summed E-state index contributed by atoms with van der Waals surface area (Å²) >= 11 is 9.06. The number of fused-ring (bicyclic) bond motifs is 1. The van der Waals surface area contributed by atoms with Crippen LogP contribution in [-0.2, 0) is 0 Å². The highest BCUT2D eigenvalue weighted by Gasteiger charge is 2.12. The first-order valence-corrected chi connectivity index (χ1v) is 7.14. The van der Waals surface area contributed by atoms with E-state index < -0.39 is 0 Å². The first-order chi connectivity index (χ1) is 8.15. The molecule has 2 aromatic heterocycles. The molecule has 1 aromatic carbocycles. The fourth-order valence-corrected chi connectivity index (χ4v) is 3.75. The molecule has 5 heteroatoms. The Morgan fingerprint density at radius 2 is 1.82 bits per heavy atom. The van der Waals surface area contributed by atoms with Crippen LogP contribution in [-0.4, -0.2) is 9.97 Å². The van der Waals surface area contributed by atoms with Crippen LogP contribution in [0, 0.1) is 13.8 Å². The molecule has 2 heterocycles. The predicted molar refractivity (Wildman–Crippen MR) is 75.2 cm³/mol. The number of rotatable bonds is 1. The van der Waals surface area contributed by atoms with E-state index in [-0.39, 0.29) is 0 Å². The maximum atomic E-state index is 5.90. The number of thiazole rings is 2. The molecular weight excluding hydrogens is 272 g/mol. The molecule has 0 radical (unpaired) electrons. The maximum absolute atomic E-state index is 5.90. The van der Waals surface area contributed by atoms with Crippen LogP contribution in [0.25, 0.3) is 20.2 Å². The molecule has 3 aromatic rings. The van der Waals surface area contributed by atoms with Gasteiger partial charge in [0.05, 0.1) is 16.4 Å². The Morgan fingerprint density at radius 3 is 2.47 bits per heavy atom. The molecule has 0 saturated carbocycles. The van der Waals surface area contributed by atoms with Crippen LogP contribution in [0.2, 0.25) is 4.34 Å². The largest absolute Gasteiger partial charge is 0.240 e. The number of nitrogens with zero attached hydrogens (tertiary/aromatic N) is 2. The summed E-state index contributed by atoms with van der Waals surface area (Å²) in [5, 5.41) is 1.85. The smallest absolute Gasteiger partial charge is 0.153 e. The molecule has 0 fully saturated rings. The van der Waals surface area contributed by atoms with Crippen molar-refractivity contribution >= 4 is 44.5 Å². The minimum atomic E-state index is 0.702. The average molecular weight is 281 g/mol. The second-order valence-corrected chi connectivity index (χ2v) is 6.53. The van der Waals surface area contributed by atoms with Gasteiger partial charge in [0.25, 0.3) is 0 Å². The first-order valence-electron chi connectivity index (χ1n) is 5.13. The number of hydrogen-bond acceptors (Lipinski definition) is 4. The third-order valence-electron chi connectivity index (χ3n) is 2.60. The third-order valence-corrected chi connectivity index (χ3v) is 5.05. The second kappa shape index (κ2) is 4.05. The van der Waals surface area contributed by atoms with Crippen molar-refractivity contribution in [3.05, 3.63) is 33.8 Å². The van der Waals surface area contributed by atoms with Gasteiger partial charge in [-0.2, -0.15) is 0 Å². The molecule has 86 valence electrons. The molecule has 0 N–H and O–H groups in total. The van der Waals surface area contributed by atoms with Crippen molar-refractivity contribution in [3.63, 3.8) is 0 Å². The highest BCUT2D eigenvalue weighted by atomic mass is 35.5. The summed E-state index contributed by atoms with van der Waals surface area (Å²) in [5.41, 5.74) is 3.55. The zero-order valence-corrected chi connectivity index (χ0v) is 11.7. The molecular formula is C12H9ClN2S2. The van der Waals surface area contributed by atoms with Crippen LogP contribution in [0.1, 0.15) is 11.1 Å². The van der Waals surface area contributed by atoms with E-state index in [1.165, 1.54) is 27.2 Å². The lowest BCUT2D eigenvalue weighted by Gasteiger charge is -1.96. The van der Waals surface area contributed by atoms with Gasteiger partial charge < -0.3 is 0 Å². The zero-order chi connectivity index (χ0) is 12.0. The van der Waals surface area contributed by atoms with Crippen molar-refractivity contribution in [1.82, 2.24) is 9.97 Å². The number of aryl methyl sites for hydroxylation is 2. The summed E-state index contributed by atoms with van der Waals surface area (Å²) in [6.45, 7) is 4.19. The van der Waals surface area contributed by atoms with Gasteiger partial charge >= 0.3 is 0 Å². The van der Waals surface area contributed by atoms with E-state index in [1.54, 1.807) is 17.5 Å². The molecule has 0 unspecified atom stereocenters. The van der Waals surface area contributed by atoms with E-state index in [4.69, 9.17) is 11.6 Å². The number of benzene rings is 1. The van der Waals surface area contributed by atoms with Gasteiger partial charge in [0.15, 0.2) is 10.0 Å². The molecule has 17 heavy (non-hydrogen) atoms. The lowest BCUT2D eigenvalue weighted by Crippen LogP contribution is -1.79. The number of aromatic nitrogens is 2. The third kappa shape index (κ3) is 1.86. The van der Waals surface area contributed by atoms with E-state index >= 15 is 0 Å². The Morgan fingerprint density at radius 1 is 1.06 bits per heavy atom. The lowest BCUT2D eigenvalue weighted by molar-refractivity contribution is 1.36. The molecule has 0 bridgehead atoms. The van der Waals surface area contributed by atoms with Crippen molar-refractivity contribution < 1.29 is 0 Å². The van der Waals surface area contributed by atoms with Gasteiger partial charge in [-0.3, -0.25) is 0 Å². The predicted octanol–water partition coefficient (Wildman–Crippen LogP) is 4.69. The van der Waals surface area contributed by atoms with E-state index in [2.05, 4.69) is 35.9 Å². The summed E-state index contributed by atoms with van der Waals surface area (Å²) < 4.78 is 1.94. The van der Waals surface area contributed by atoms with Crippen molar-refractivity contribution in [2.24, 2.45) is 0 Å². The molecule has 2 nitrogen and oxygen atoms in total. The van der Waals surface area contributed by atoms with E-state index in [1.807, 2.05) is 0 Å². The topological polar surface area (TPSA) is 25.8 Å². The molecule has 0 aliphatic rings. The Labute approximate surface area is 112 Å². The maximum Gasteiger partial charge on any atom is 0.153 e. The summed E-state index contributed by atoms with van der Waals surface area (Å²) in [4.78, 5) is 8.94. The van der Waals surface area contributed by atoms with Gasteiger partial charge in [-0.05, 0) is 25.0 Å². The van der Waals surface area contributed by atoms with Crippen LogP contribution in [0.3, 0.4) is 0 Å². The van der Waals surface area contributed by atoms with Crippen LogP contribution in [0.15, 0.2) is 18.3 Å². The highest BCUT2D eigenvalue weighted by Crippen LogP contribution is 2.36. The van der Waals surface area contributed by atoms with Gasteiger partial charge in [-0.15, -0.1) is 11.3 Å². The van der Waals surface area contributed by atoms with E-state index in [0.717, 1.165) is 15.5 Å². The Balaban J connectivity index is 2.26. The highest BCUT2D eigenvalue weighted by molar-refractivity contribution is 7.26. The summed E-state index contributed by atoms with van der Waals surface area (Å²) in [6, 6.07) is 4.24. The van der Waals surface area contributed by atoms with Crippen molar-refractivity contribution in [1.29, 1.82) is 0 Å². The van der Waals surface area contributed by atoms with Gasteiger partial charge in [0.2, 0.25) is 0 Å². The molecule has 0 aliphatic heterocycles. The van der Waals surface area contributed by atoms with Gasteiger partial charge in [0, 0.05) is 0 Å². The first kappa shape index (κ1) is 11.1. The zero-order valence-electron chi connectivity index (χ0n) is 9.32. The van der Waals surface area contributed by atoms with E-state index in [9.17, 15) is 0 Å². The molecule has 0 spiro atoms. The summed E-state index contributed by atoms with van der Waals surface area (Å²) in [6.07, 6.45) is 1.67. The van der Waals surface area contributed by atoms with E-state index in [0.29, 0.717) is 4.34 Å². The fourth-order valence-electron chi connectivity index (χ4n) is 1.70. The standard InChI is InChI=1S/C12H9ClN2S2/c1-6-3-4-7(2)10-9(6)15-12(17-10)11-14-5-8(13)16-11/h3-5H,1-2H3. The summed E-state index contributed by atoms with van der Waals surface area (Å²) in [5.74, 6) is 0. The average Bonchev–Trinajstić information content (AvgIpc) is 2.90. The lowest BCUT2D eigenvalue weighted by atomic mass is 10.1. The quantitative estimate of drug-likeness (QED) is 0.646. The normalized spacial score (nSPS) is 11.2. The van der Waals surface area contributed by atoms with Gasteiger partial charge in [-0.1, -0.05) is 35.1 Å². The van der Waals surface area contributed by atoms with Gasteiger partial charge in [-0.25, -0.2) is 9.97 Å². The SMILES string of the molecule is Cc1ccc(C)c2sc(-c3ncc(Cl)s3)nc12. The Hall–Kier alpha value is -0.970. The minimum absolute atomic E-state index is 0.702. The van der Waals surface area contributed by atoms with Crippen LogP contribution < -0.4 is 0 Å². The van der Waals surface area contributed by atoms with Crippen molar-refractivity contribution in [3.8, 4) is 10.0 Å². The molecule has 0 aliphatic carbocycles. The number of hydrogen-bond donors (Lipinski definition) is 0. The van der Waals surface area contributed by atoms with Gasteiger partial charge in [0.1, 0.15) is 4.34 Å². The second-order valence-electron chi connectivity index (χ2n) is 3.87. The van der Waals surface area contributed by atoms with Crippen LogP contribution in [0.5, 0.6) is 0 Å². The van der Waals surface area contributed by atoms with Crippen molar-refractivity contribution in [2.75, 3.05) is 0 Å².